The molecule has 6 heteroatoms. The number of aliphatic imine (C=N–C) groups is 1. The van der Waals surface area contributed by atoms with Crippen molar-refractivity contribution >= 4 is 29.9 Å². The van der Waals surface area contributed by atoms with Crippen molar-refractivity contribution in [3.05, 3.63) is 35.9 Å². The average molecular weight is 514 g/mol. The first kappa shape index (κ1) is 24.4. The number of piperidine rings is 1. The highest BCUT2D eigenvalue weighted by Crippen LogP contribution is 2.33. The molecule has 1 saturated carbocycles. The van der Waals surface area contributed by atoms with Gasteiger partial charge in [-0.3, -0.25) is 9.89 Å². The molecular weight excluding hydrogens is 475 g/mol. The van der Waals surface area contributed by atoms with Gasteiger partial charge in [0.05, 0.1) is 6.10 Å². The van der Waals surface area contributed by atoms with Crippen molar-refractivity contribution in [2.75, 3.05) is 39.8 Å². The molecule has 3 rings (SSSR count). The number of rotatable bonds is 11. The van der Waals surface area contributed by atoms with Gasteiger partial charge in [0.1, 0.15) is 0 Å². The lowest BCUT2D eigenvalue weighted by Crippen LogP contribution is -2.39. The van der Waals surface area contributed by atoms with Crippen LogP contribution in [0.3, 0.4) is 0 Å². The number of hydrogen-bond donors (Lipinski definition) is 2. The minimum atomic E-state index is 0. The molecule has 1 aliphatic heterocycles. The van der Waals surface area contributed by atoms with Crippen LogP contribution in [0.2, 0.25) is 0 Å². The zero-order chi connectivity index (χ0) is 19.4. The van der Waals surface area contributed by atoms with E-state index in [0.717, 1.165) is 70.5 Å². The highest BCUT2D eigenvalue weighted by atomic mass is 127. The smallest absolute Gasteiger partial charge is 0.190 e. The second-order valence-corrected chi connectivity index (χ2v) is 8.20. The first-order valence-corrected chi connectivity index (χ1v) is 11.2. The number of ether oxygens (including phenoxy) is 1. The highest BCUT2D eigenvalue weighted by molar-refractivity contribution is 14.0. The van der Waals surface area contributed by atoms with Crippen molar-refractivity contribution in [1.29, 1.82) is 0 Å². The van der Waals surface area contributed by atoms with E-state index in [9.17, 15) is 0 Å². The minimum absolute atomic E-state index is 0. The van der Waals surface area contributed by atoms with E-state index in [1.165, 1.54) is 31.2 Å². The molecule has 1 aromatic carbocycles. The lowest BCUT2D eigenvalue weighted by Gasteiger charge is -2.32. The Morgan fingerprint density at radius 1 is 1.03 bits per heavy atom. The highest BCUT2D eigenvalue weighted by Gasteiger charge is 2.20. The zero-order valence-corrected chi connectivity index (χ0v) is 20.3. The van der Waals surface area contributed by atoms with Crippen LogP contribution in [-0.2, 0) is 11.3 Å². The number of hydrogen-bond acceptors (Lipinski definition) is 3. The van der Waals surface area contributed by atoms with Gasteiger partial charge in [-0.05, 0) is 43.6 Å². The lowest BCUT2D eigenvalue weighted by molar-refractivity contribution is 0.00534. The molecule has 0 spiro atoms. The number of likely N-dealkylation sites (tertiary alicyclic amines) is 1. The zero-order valence-electron chi connectivity index (χ0n) is 17.9. The van der Waals surface area contributed by atoms with Gasteiger partial charge in [0.15, 0.2) is 5.96 Å². The van der Waals surface area contributed by atoms with Crippen LogP contribution >= 0.6 is 24.0 Å². The van der Waals surface area contributed by atoms with Gasteiger partial charge < -0.3 is 15.4 Å². The third-order valence-electron chi connectivity index (χ3n) is 5.75. The number of guanidine groups is 1. The predicted molar refractivity (Wildman–Crippen MR) is 132 cm³/mol. The summed E-state index contributed by atoms with van der Waals surface area (Å²) in [5.74, 6) is 1.93. The fraction of sp³-hybridized carbons (Fsp3) is 0.696. The summed E-state index contributed by atoms with van der Waals surface area (Å²) >= 11 is 0. The molecule has 0 bridgehead atoms. The molecule has 2 fully saturated rings. The van der Waals surface area contributed by atoms with E-state index in [0.29, 0.717) is 6.10 Å². The van der Waals surface area contributed by atoms with Crippen molar-refractivity contribution in [3.8, 4) is 0 Å². The fourth-order valence-corrected chi connectivity index (χ4v) is 3.83. The van der Waals surface area contributed by atoms with Crippen LogP contribution in [0.25, 0.3) is 0 Å². The summed E-state index contributed by atoms with van der Waals surface area (Å²) in [7, 11) is 1.84. The summed E-state index contributed by atoms with van der Waals surface area (Å²) in [4.78, 5) is 6.84. The van der Waals surface area contributed by atoms with Crippen LogP contribution in [0.1, 0.15) is 50.5 Å². The van der Waals surface area contributed by atoms with Gasteiger partial charge in [-0.1, -0.05) is 43.2 Å². The summed E-state index contributed by atoms with van der Waals surface area (Å²) < 4.78 is 6.10. The number of halogens is 1. The maximum absolute atomic E-state index is 6.10. The standard InChI is InChI=1S/C23H38N4O.HI/c1-24-23(25-14-5-9-20-10-11-20)26-15-6-18-28-22-12-16-27(17-13-22)19-21-7-3-2-4-8-21;/h2-4,7-8,20,22H,5-6,9-19H2,1H3,(H2,24,25,26);1H. The van der Waals surface area contributed by atoms with Crippen molar-refractivity contribution in [3.63, 3.8) is 0 Å². The summed E-state index contributed by atoms with van der Waals surface area (Å²) in [6.45, 7) is 6.09. The van der Waals surface area contributed by atoms with Crippen molar-refractivity contribution in [2.45, 2.75) is 57.6 Å². The van der Waals surface area contributed by atoms with E-state index in [1.54, 1.807) is 0 Å². The average Bonchev–Trinajstić information content (AvgIpc) is 3.56. The third-order valence-corrected chi connectivity index (χ3v) is 5.75. The Balaban J connectivity index is 0.00000300. The van der Waals surface area contributed by atoms with Crippen LogP contribution in [0.4, 0.5) is 0 Å². The number of nitrogens with zero attached hydrogens (tertiary/aromatic N) is 2. The maximum atomic E-state index is 6.10. The lowest BCUT2D eigenvalue weighted by atomic mass is 10.1. The van der Waals surface area contributed by atoms with Crippen LogP contribution in [0.15, 0.2) is 35.3 Å². The van der Waals surface area contributed by atoms with E-state index >= 15 is 0 Å². The van der Waals surface area contributed by atoms with Crippen LogP contribution < -0.4 is 10.6 Å². The van der Waals surface area contributed by atoms with Crippen molar-refractivity contribution < 1.29 is 4.74 Å². The molecule has 164 valence electrons. The first-order valence-electron chi connectivity index (χ1n) is 11.2. The Bertz CT molecular complexity index is 572. The van der Waals surface area contributed by atoms with Gasteiger partial charge >= 0.3 is 0 Å². The largest absolute Gasteiger partial charge is 0.378 e. The molecule has 1 heterocycles. The molecule has 5 nitrogen and oxygen atoms in total. The van der Waals surface area contributed by atoms with E-state index in [-0.39, 0.29) is 24.0 Å². The molecule has 0 atom stereocenters. The van der Waals surface area contributed by atoms with E-state index in [2.05, 4.69) is 50.9 Å². The minimum Gasteiger partial charge on any atom is -0.378 e. The molecule has 29 heavy (non-hydrogen) atoms. The molecule has 0 unspecified atom stereocenters. The molecule has 1 saturated heterocycles. The molecule has 1 aromatic rings. The Kier molecular flexibility index (Phi) is 12.0. The summed E-state index contributed by atoms with van der Waals surface area (Å²) in [5, 5.41) is 6.81. The molecule has 0 aromatic heterocycles. The van der Waals surface area contributed by atoms with Gasteiger partial charge in [0.2, 0.25) is 0 Å². The maximum Gasteiger partial charge on any atom is 0.190 e. The quantitative estimate of drug-likeness (QED) is 0.203. The predicted octanol–water partition coefficient (Wildman–Crippen LogP) is 4.03. The van der Waals surface area contributed by atoms with E-state index in [4.69, 9.17) is 4.74 Å². The summed E-state index contributed by atoms with van der Waals surface area (Å²) in [6, 6.07) is 10.8. The second kappa shape index (κ2) is 14.2. The SMILES string of the molecule is CN=C(NCCCOC1CCN(Cc2ccccc2)CC1)NCCCC1CC1.I. The summed E-state index contributed by atoms with van der Waals surface area (Å²) in [5.41, 5.74) is 1.41. The topological polar surface area (TPSA) is 48.9 Å². The molecule has 1 aliphatic carbocycles. The van der Waals surface area contributed by atoms with Crippen molar-refractivity contribution in [2.24, 2.45) is 10.9 Å². The normalized spacial score (nSPS) is 18.3. The van der Waals surface area contributed by atoms with Crippen LogP contribution in [-0.4, -0.2) is 56.8 Å². The molecule has 0 radical (unpaired) electrons. The van der Waals surface area contributed by atoms with Gasteiger partial charge in [0, 0.05) is 46.4 Å². The Labute approximate surface area is 194 Å². The number of nitrogens with one attached hydrogen (secondary N) is 2. The first-order chi connectivity index (χ1) is 13.8. The van der Waals surface area contributed by atoms with Gasteiger partial charge in [-0.2, -0.15) is 0 Å². The van der Waals surface area contributed by atoms with E-state index in [1.807, 2.05) is 7.05 Å². The fourth-order valence-electron chi connectivity index (χ4n) is 3.83. The molecule has 0 amide bonds. The molecule has 2 N–H and O–H groups in total. The second-order valence-electron chi connectivity index (χ2n) is 8.20. The number of benzene rings is 1. The van der Waals surface area contributed by atoms with Crippen LogP contribution in [0, 0.1) is 5.92 Å². The molecule has 2 aliphatic rings. The monoisotopic (exact) mass is 514 g/mol. The van der Waals surface area contributed by atoms with Gasteiger partial charge in [-0.15, -0.1) is 24.0 Å². The Morgan fingerprint density at radius 3 is 2.38 bits per heavy atom. The van der Waals surface area contributed by atoms with Crippen LogP contribution in [0.5, 0.6) is 0 Å². The Hall–Kier alpha value is -0.860. The molecular formula is C23H39IN4O. The third kappa shape index (κ3) is 10.1. The Morgan fingerprint density at radius 2 is 1.72 bits per heavy atom. The van der Waals surface area contributed by atoms with E-state index < -0.39 is 0 Å². The van der Waals surface area contributed by atoms with Gasteiger partial charge in [0.25, 0.3) is 0 Å². The van der Waals surface area contributed by atoms with Gasteiger partial charge in [-0.25, -0.2) is 0 Å². The van der Waals surface area contributed by atoms with Crippen molar-refractivity contribution in [1.82, 2.24) is 15.5 Å². The summed E-state index contributed by atoms with van der Waals surface area (Å²) in [6.07, 6.45) is 9.23.